The number of hydrogen-bond donors (Lipinski definition) is 1. The van der Waals surface area contributed by atoms with E-state index in [2.05, 4.69) is 24.1 Å². The molecule has 0 aromatic rings. The van der Waals surface area contributed by atoms with Crippen molar-refractivity contribution in [3.8, 4) is 0 Å². The lowest BCUT2D eigenvalue weighted by Crippen LogP contribution is -2.34. The van der Waals surface area contributed by atoms with Crippen LogP contribution in [0.2, 0.25) is 0 Å². The number of nitrogens with one attached hydrogen (secondary N) is 1. The number of amides is 1. The molecular weight excluding hydrogens is 232 g/mol. The van der Waals surface area contributed by atoms with Crippen LogP contribution in [0.5, 0.6) is 0 Å². The number of alkyl carbamates (subject to hydrolysis) is 1. The van der Waals surface area contributed by atoms with Crippen LogP contribution in [-0.2, 0) is 9.47 Å². The fourth-order valence-electron chi connectivity index (χ4n) is 1.37. The van der Waals surface area contributed by atoms with Crippen molar-refractivity contribution in [3.63, 3.8) is 0 Å². The number of carbonyl (C=O) groups is 1. The Balaban J connectivity index is 3.43. The Bertz CT molecular complexity index is 223. The highest BCUT2D eigenvalue weighted by Crippen LogP contribution is 2.05. The molecule has 0 spiro atoms. The lowest BCUT2D eigenvalue weighted by Gasteiger charge is -2.20. The van der Waals surface area contributed by atoms with E-state index in [9.17, 15) is 4.79 Å². The Morgan fingerprint density at radius 3 is 2.28 bits per heavy atom. The fourth-order valence-corrected chi connectivity index (χ4v) is 1.37. The van der Waals surface area contributed by atoms with Gasteiger partial charge in [-0.25, -0.2) is 4.79 Å². The van der Waals surface area contributed by atoms with Crippen molar-refractivity contribution >= 4 is 6.09 Å². The first-order chi connectivity index (χ1) is 8.39. The molecule has 0 heterocycles. The quantitative estimate of drug-likeness (QED) is 0.677. The molecular formula is C13H28N2O3. The molecule has 1 N–H and O–H groups in total. The maximum atomic E-state index is 11.3. The Hall–Kier alpha value is -0.810. The third-order valence-corrected chi connectivity index (χ3v) is 2.36. The molecule has 1 amide bonds. The van der Waals surface area contributed by atoms with Crippen molar-refractivity contribution in [2.75, 3.05) is 39.4 Å². The first-order valence-corrected chi connectivity index (χ1v) is 6.66. The maximum Gasteiger partial charge on any atom is 0.407 e. The molecule has 0 atom stereocenters. The van der Waals surface area contributed by atoms with E-state index in [1.807, 2.05) is 20.8 Å². The van der Waals surface area contributed by atoms with Gasteiger partial charge < -0.3 is 19.7 Å². The maximum absolute atomic E-state index is 11.3. The van der Waals surface area contributed by atoms with Gasteiger partial charge in [-0.1, -0.05) is 13.8 Å². The minimum atomic E-state index is -0.451. The smallest absolute Gasteiger partial charge is 0.407 e. The predicted molar refractivity (Wildman–Crippen MR) is 72.8 cm³/mol. The first-order valence-electron chi connectivity index (χ1n) is 6.66. The van der Waals surface area contributed by atoms with Gasteiger partial charge in [-0.2, -0.15) is 0 Å². The summed E-state index contributed by atoms with van der Waals surface area (Å²) in [5, 5.41) is 2.66. The largest absolute Gasteiger partial charge is 0.444 e. The number of likely N-dealkylation sites (N-methyl/N-ethyl adjacent to an activating group) is 1. The summed E-state index contributed by atoms with van der Waals surface area (Å²) in [4.78, 5) is 13.6. The number of carbonyl (C=O) groups excluding carboxylic acids is 1. The van der Waals surface area contributed by atoms with Crippen molar-refractivity contribution in [3.05, 3.63) is 0 Å². The number of ether oxygens (including phenoxy) is 2. The lowest BCUT2D eigenvalue weighted by molar-refractivity contribution is 0.0492. The Morgan fingerprint density at radius 1 is 1.17 bits per heavy atom. The minimum Gasteiger partial charge on any atom is -0.444 e. The lowest BCUT2D eigenvalue weighted by atomic mass is 10.2. The second-order valence-corrected chi connectivity index (χ2v) is 5.07. The van der Waals surface area contributed by atoms with E-state index in [0.29, 0.717) is 19.8 Å². The molecule has 0 radical (unpaired) electrons. The minimum absolute atomic E-state index is 0.394. The van der Waals surface area contributed by atoms with Crippen LogP contribution in [-0.4, -0.2) is 56.0 Å². The molecule has 5 heteroatoms. The van der Waals surface area contributed by atoms with Gasteiger partial charge in [0.1, 0.15) is 5.60 Å². The van der Waals surface area contributed by atoms with Crippen LogP contribution in [0.4, 0.5) is 4.79 Å². The second kappa shape index (κ2) is 9.16. The standard InChI is InChI=1S/C13H28N2O3/c1-6-15(7-2)9-11-17-10-8-14-12(16)18-13(3,4)5/h6-11H2,1-5H3,(H,14,16). The molecule has 0 saturated heterocycles. The summed E-state index contributed by atoms with van der Waals surface area (Å²) >= 11 is 0. The van der Waals surface area contributed by atoms with Gasteiger partial charge in [0.2, 0.25) is 0 Å². The highest BCUT2D eigenvalue weighted by Gasteiger charge is 2.15. The number of hydrogen-bond acceptors (Lipinski definition) is 4. The highest BCUT2D eigenvalue weighted by molar-refractivity contribution is 5.67. The van der Waals surface area contributed by atoms with E-state index < -0.39 is 11.7 Å². The topological polar surface area (TPSA) is 50.8 Å². The SMILES string of the molecule is CCN(CC)CCOCCNC(=O)OC(C)(C)C. The van der Waals surface area contributed by atoms with Crippen molar-refractivity contribution < 1.29 is 14.3 Å². The van der Waals surface area contributed by atoms with Crippen molar-refractivity contribution in [2.45, 2.75) is 40.2 Å². The summed E-state index contributed by atoms with van der Waals surface area (Å²) < 4.78 is 10.5. The van der Waals surface area contributed by atoms with Crippen molar-refractivity contribution in [1.29, 1.82) is 0 Å². The van der Waals surface area contributed by atoms with Crippen molar-refractivity contribution in [2.24, 2.45) is 0 Å². The molecule has 0 aliphatic heterocycles. The van der Waals surface area contributed by atoms with Crippen LogP contribution in [0.1, 0.15) is 34.6 Å². The molecule has 0 bridgehead atoms. The van der Waals surface area contributed by atoms with Gasteiger partial charge >= 0.3 is 6.09 Å². The summed E-state index contributed by atoms with van der Waals surface area (Å²) in [6.45, 7) is 14.5. The summed E-state index contributed by atoms with van der Waals surface area (Å²) in [6.07, 6.45) is -0.394. The van der Waals surface area contributed by atoms with Crippen LogP contribution >= 0.6 is 0 Å². The molecule has 108 valence electrons. The van der Waals surface area contributed by atoms with Crippen LogP contribution in [0.25, 0.3) is 0 Å². The first kappa shape index (κ1) is 17.2. The zero-order valence-corrected chi connectivity index (χ0v) is 12.4. The van der Waals surface area contributed by atoms with E-state index in [0.717, 1.165) is 19.6 Å². The Morgan fingerprint density at radius 2 is 1.78 bits per heavy atom. The van der Waals surface area contributed by atoms with Gasteiger partial charge in [0.05, 0.1) is 13.2 Å². The molecule has 0 rings (SSSR count). The van der Waals surface area contributed by atoms with Crippen molar-refractivity contribution in [1.82, 2.24) is 10.2 Å². The number of rotatable bonds is 8. The van der Waals surface area contributed by atoms with Gasteiger partial charge in [0.15, 0.2) is 0 Å². The zero-order valence-electron chi connectivity index (χ0n) is 12.4. The molecule has 5 nitrogen and oxygen atoms in total. The third kappa shape index (κ3) is 10.4. The fraction of sp³-hybridized carbons (Fsp3) is 0.923. The van der Waals surface area contributed by atoms with E-state index in [-0.39, 0.29) is 0 Å². The molecule has 0 fully saturated rings. The summed E-state index contributed by atoms with van der Waals surface area (Å²) in [5.41, 5.74) is -0.451. The van der Waals surface area contributed by atoms with E-state index >= 15 is 0 Å². The summed E-state index contributed by atoms with van der Waals surface area (Å²) in [5.74, 6) is 0. The van der Waals surface area contributed by atoms with Crippen LogP contribution < -0.4 is 5.32 Å². The average molecular weight is 260 g/mol. The third-order valence-electron chi connectivity index (χ3n) is 2.36. The zero-order chi connectivity index (χ0) is 14.0. The Kier molecular flexibility index (Phi) is 8.75. The van der Waals surface area contributed by atoms with Gasteiger partial charge in [0, 0.05) is 13.1 Å². The molecule has 0 aromatic carbocycles. The van der Waals surface area contributed by atoms with E-state index in [1.165, 1.54) is 0 Å². The molecule has 0 aliphatic carbocycles. The molecule has 0 aliphatic rings. The molecule has 0 aromatic heterocycles. The van der Waals surface area contributed by atoms with Gasteiger partial charge in [0.25, 0.3) is 0 Å². The highest BCUT2D eigenvalue weighted by atomic mass is 16.6. The molecule has 18 heavy (non-hydrogen) atoms. The van der Waals surface area contributed by atoms with Gasteiger partial charge in [-0.3, -0.25) is 0 Å². The van der Waals surface area contributed by atoms with Crippen LogP contribution in [0.15, 0.2) is 0 Å². The normalized spacial score (nSPS) is 11.7. The summed E-state index contributed by atoms with van der Waals surface area (Å²) in [6, 6.07) is 0. The van der Waals surface area contributed by atoms with Crippen LogP contribution in [0, 0.1) is 0 Å². The predicted octanol–water partition coefficient (Wildman–Crippen LogP) is 1.87. The second-order valence-electron chi connectivity index (χ2n) is 5.07. The van der Waals surface area contributed by atoms with Gasteiger partial charge in [-0.05, 0) is 33.9 Å². The Labute approximate surface area is 111 Å². The summed E-state index contributed by atoms with van der Waals surface area (Å²) in [7, 11) is 0. The molecule has 0 unspecified atom stereocenters. The van der Waals surface area contributed by atoms with E-state index in [1.54, 1.807) is 0 Å². The average Bonchev–Trinajstić information content (AvgIpc) is 2.26. The van der Waals surface area contributed by atoms with Gasteiger partial charge in [-0.15, -0.1) is 0 Å². The monoisotopic (exact) mass is 260 g/mol. The molecule has 0 saturated carbocycles. The van der Waals surface area contributed by atoms with Crippen LogP contribution in [0.3, 0.4) is 0 Å². The number of nitrogens with zero attached hydrogens (tertiary/aromatic N) is 1. The van der Waals surface area contributed by atoms with E-state index in [4.69, 9.17) is 9.47 Å².